The standard InChI is InChI=1S/C50H72BF9NO4/c1-6-11-14-17-20-23-36-61(37-24-21-18-15-12-7-2,38-25-22-19-16-13-8-3)47(9-4,62-10-5)45-39-42(50(58,59)60)30-35-46(45)65-51(63-43-31-26-40(27-32-43)48(52,53)54)64-44-33-28-41(29-34-44)49(55,56)57/h26-35,39H,6-25,36-38H2,1-5H3/q+1. The van der Waals surface area contributed by atoms with E-state index in [0.29, 0.717) is 24.1 Å². The molecule has 5 nitrogen and oxygen atoms in total. The second kappa shape index (κ2) is 27.3. The molecule has 0 saturated heterocycles. The molecule has 65 heavy (non-hydrogen) atoms. The van der Waals surface area contributed by atoms with Crippen molar-refractivity contribution in [2.45, 2.75) is 181 Å². The lowest BCUT2D eigenvalue weighted by Gasteiger charge is -2.53. The number of hydrogen-bond donors (Lipinski definition) is 0. The highest BCUT2D eigenvalue weighted by Crippen LogP contribution is 2.48. The summed E-state index contributed by atoms with van der Waals surface area (Å²) in [6.45, 7) is 12.2. The van der Waals surface area contributed by atoms with Gasteiger partial charge in [-0.1, -0.05) is 105 Å². The molecule has 0 aliphatic heterocycles. The van der Waals surface area contributed by atoms with E-state index in [1.165, 1.54) is 6.07 Å². The molecule has 3 aromatic carbocycles. The summed E-state index contributed by atoms with van der Waals surface area (Å²) in [5, 5.41) is 0. The molecule has 366 valence electrons. The largest absolute Gasteiger partial charge is 0.864 e. The van der Waals surface area contributed by atoms with Crippen LogP contribution in [0.3, 0.4) is 0 Å². The van der Waals surface area contributed by atoms with Crippen molar-refractivity contribution < 1.29 is 62.7 Å². The minimum atomic E-state index is -4.76. The van der Waals surface area contributed by atoms with E-state index in [9.17, 15) is 39.5 Å². The van der Waals surface area contributed by atoms with Crippen LogP contribution in [-0.4, -0.2) is 38.0 Å². The van der Waals surface area contributed by atoms with Gasteiger partial charge in [0.1, 0.15) is 17.2 Å². The van der Waals surface area contributed by atoms with Crippen LogP contribution < -0.4 is 14.0 Å². The van der Waals surface area contributed by atoms with Crippen molar-refractivity contribution in [2.24, 2.45) is 0 Å². The summed E-state index contributed by atoms with van der Waals surface area (Å²) < 4.78 is 151. The summed E-state index contributed by atoms with van der Waals surface area (Å²) in [5.41, 5.74) is -4.14. The molecule has 3 aromatic rings. The average molecular weight is 933 g/mol. The van der Waals surface area contributed by atoms with Crippen LogP contribution in [-0.2, 0) is 29.0 Å². The lowest BCUT2D eigenvalue weighted by atomic mass is 9.89. The smallest absolute Gasteiger partial charge is 0.490 e. The van der Waals surface area contributed by atoms with Gasteiger partial charge >= 0.3 is 25.9 Å². The highest BCUT2D eigenvalue weighted by atomic mass is 19.4. The predicted molar refractivity (Wildman–Crippen MR) is 241 cm³/mol. The molecule has 0 radical (unpaired) electrons. The quantitative estimate of drug-likeness (QED) is 0.0205. The third-order valence-corrected chi connectivity index (χ3v) is 12.2. The number of unbranched alkanes of at least 4 members (excludes halogenated alkanes) is 15. The molecule has 0 aliphatic rings. The Labute approximate surface area is 382 Å². The van der Waals surface area contributed by atoms with E-state index >= 15 is 0 Å². The number of rotatable bonds is 32. The average Bonchev–Trinajstić information content (AvgIpc) is 3.25. The second-order valence-corrected chi connectivity index (χ2v) is 17.1. The van der Waals surface area contributed by atoms with Crippen LogP contribution in [0.15, 0.2) is 66.7 Å². The minimum Gasteiger partial charge on any atom is -0.490 e. The van der Waals surface area contributed by atoms with Gasteiger partial charge < -0.3 is 18.7 Å². The van der Waals surface area contributed by atoms with Crippen molar-refractivity contribution in [1.82, 2.24) is 0 Å². The summed E-state index contributed by atoms with van der Waals surface area (Å²) in [7, 11) is -1.90. The third kappa shape index (κ3) is 17.5. The Morgan fingerprint density at radius 1 is 0.431 bits per heavy atom. The first-order valence-corrected chi connectivity index (χ1v) is 24.0. The molecular weight excluding hydrogens is 860 g/mol. The Morgan fingerprint density at radius 3 is 1.12 bits per heavy atom. The topological polar surface area (TPSA) is 36.9 Å². The van der Waals surface area contributed by atoms with E-state index in [-0.39, 0.29) is 35.8 Å². The highest BCUT2D eigenvalue weighted by molar-refractivity contribution is 6.39. The van der Waals surface area contributed by atoms with E-state index < -0.39 is 48.3 Å². The predicted octanol–water partition coefficient (Wildman–Crippen LogP) is 16.8. The Bertz CT molecular complexity index is 1650. The first-order chi connectivity index (χ1) is 30.9. The van der Waals surface area contributed by atoms with Crippen LogP contribution in [0.5, 0.6) is 17.2 Å². The van der Waals surface area contributed by atoms with Gasteiger partial charge in [-0.25, -0.2) is 0 Å². The van der Waals surface area contributed by atoms with Crippen molar-refractivity contribution >= 4 is 7.32 Å². The van der Waals surface area contributed by atoms with Crippen molar-refractivity contribution in [1.29, 1.82) is 0 Å². The monoisotopic (exact) mass is 933 g/mol. The van der Waals surface area contributed by atoms with Crippen LogP contribution in [0.4, 0.5) is 39.5 Å². The summed E-state index contributed by atoms with van der Waals surface area (Å²) in [4.78, 5) is 0. The van der Waals surface area contributed by atoms with Crippen molar-refractivity contribution in [3.05, 3.63) is 89.0 Å². The molecule has 1 atom stereocenters. The fourth-order valence-corrected chi connectivity index (χ4v) is 8.76. The van der Waals surface area contributed by atoms with Gasteiger partial charge in [0.25, 0.3) is 0 Å². The Balaban J connectivity index is 2.30. The van der Waals surface area contributed by atoms with Crippen molar-refractivity contribution in [3.8, 4) is 17.2 Å². The molecule has 15 heteroatoms. The van der Waals surface area contributed by atoms with Crippen LogP contribution in [0.2, 0.25) is 0 Å². The fourth-order valence-electron chi connectivity index (χ4n) is 8.76. The van der Waals surface area contributed by atoms with Gasteiger partial charge in [0.2, 0.25) is 5.72 Å². The Hall–Kier alpha value is -3.59. The molecule has 0 bridgehead atoms. The molecule has 1 unspecified atom stereocenters. The summed E-state index contributed by atoms with van der Waals surface area (Å²) in [6.07, 6.45) is 4.37. The zero-order valence-electron chi connectivity index (χ0n) is 39.2. The third-order valence-electron chi connectivity index (χ3n) is 12.2. The number of alkyl halides is 9. The number of nitrogens with zero attached hydrogens (tertiary/aromatic N) is 1. The van der Waals surface area contributed by atoms with E-state index in [1.54, 1.807) is 0 Å². The van der Waals surface area contributed by atoms with Gasteiger partial charge in [0.05, 0.1) is 48.5 Å². The maximum Gasteiger partial charge on any atom is 0.864 e. The number of quaternary nitrogens is 1. The summed E-state index contributed by atoms with van der Waals surface area (Å²) >= 11 is 0. The molecular formula is C50H72BF9NO4+. The molecule has 0 saturated carbocycles. The highest BCUT2D eigenvalue weighted by Gasteiger charge is 2.54. The van der Waals surface area contributed by atoms with Crippen molar-refractivity contribution in [3.63, 3.8) is 0 Å². The molecule has 3 rings (SSSR count). The zero-order valence-corrected chi connectivity index (χ0v) is 39.2. The van der Waals surface area contributed by atoms with Gasteiger partial charge in [-0.05, 0) is 112 Å². The molecule has 0 heterocycles. The number of hydrogen-bond acceptors (Lipinski definition) is 4. The molecule has 0 aromatic heterocycles. The first-order valence-electron chi connectivity index (χ1n) is 24.0. The zero-order chi connectivity index (χ0) is 48.0. The lowest BCUT2D eigenvalue weighted by molar-refractivity contribution is -1.01. The SMILES string of the molecule is CCCCCCCC[N+](CCCCCCCC)(CCCCCCCC)C(CC)(OCC)c1cc(C(F)(F)F)ccc1OB(Oc1ccc(C(F)(F)F)cc1)Oc1ccc(C(F)(F)F)cc1. The number of halogens is 9. The summed E-state index contributed by atoms with van der Waals surface area (Å²) in [5.74, 6) is -0.406. The number of ether oxygens (including phenoxy) is 1. The maximum atomic E-state index is 14.9. The first kappa shape index (κ1) is 55.7. The minimum absolute atomic E-state index is 0.0894. The van der Waals surface area contributed by atoms with Gasteiger partial charge in [-0.2, -0.15) is 39.5 Å². The van der Waals surface area contributed by atoms with Crippen molar-refractivity contribution in [2.75, 3.05) is 26.2 Å². The van der Waals surface area contributed by atoms with E-state index in [1.807, 2.05) is 13.8 Å². The Kier molecular flexibility index (Phi) is 23.4. The molecule has 0 spiro atoms. The van der Waals surface area contributed by atoms with E-state index in [0.717, 1.165) is 176 Å². The Morgan fingerprint density at radius 2 is 0.785 bits per heavy atom. The van der Waals surface area contributed by atoms with Crippen LogP contribution >= 0.6 is 0 Å². The summed E-state index contributed by atoms with van der Waals surface area (Å²) in [6, 6.07) is 10.4. The number of benzene rings is 3. The van der Waals surface area contributed by atoms with E-state index in [4.69, 9.17) is 18.7 Å². The maximum absolute atomic E-state index is 14.9. The van der Waals surface area contributed by atoms with Crippen LogP contribution in [0.1, 0.15) is 179 Å². The molecule has 0 amide bonds. The lowest BCUT2D eigenvalue weighted by Crippen LogP contribution is -2.65. The molecule has 0 N–H and O–H groups in total. The normalized spacial score (nSPS) is 13.4. The fraction of sp³-hybridized carbons (Fsp3) is 0.640. The molecule has 0 aliphatic carbocycles. The van der Waals surface area contributed by atoms with E-state index in [2.05, 4.69) is 20.8 Å². The second-order valence-electron chi connectivity index (χ2n) is 17.1. The molecule has 0 fully saturated rings. The van der Waals surface area contributed by atoms with Crippen LogP contribution in [0.25, 0.3) is 0 Å². The van der Waals surface area contributed by atoms with Gasteiger partial charge in [-0.3, -0.25) is 4.48 Å². The van der Waals surface area contributed by atoms with Crippen LogP contribution in [0, 0.1) is 0 Å². The van der Waals surface area contributed by atoms with Gasteiger partial charge in [0, 0.05) is 6.42 Å². The van der Waals surface area contributed by atoms with Gasteiger partial charge in [-0.15, -0.1) is 0 Å². The van der Waals surface area contributed by atoms with Gasteiger partial charge in [0.15, 0.2) is 0 Å².